The van der Waals surface area contributed by atoms with Crippen molar-refractivity contribution in [3.8, 4) is 46.5 Å². The zero-order valence-corrected chi connectivity index (χ0v) is 14.2. The van der Waals surface area contributed by atoms with E-state index >= 15 is 0 Å². The minimum Gasteiger partial charge on any atom is -0.205 e. The van der Waals surface area contributed by atoms with E-state index in [1.165, 1.54) is 18.2 Å². The second-order valence-corrected chi connectivity index (χ2v) is 5.80. The maximum Gasteiger partial charge on any atom is 0.148 e. The molecule has 0 bridgehead atoms. The summed E-state index contributed by atoms with van der Waals surface area (Å²) >= 11 is 0. The molecule has 0 spiro atoms. The van der Waals surface area contributed by atoms with Crippen LogP contribution in [0, 0.1) is 57.0 Å². The summed E-state index contributed by atoms with van der Waals surface area (Å²) in [4.78, 5) is 0. The van der Waals surface area contributed by atoms with Gasteiger partial charge in [0.1, 0.15) is 23.8 Å². The zero-order valence-electron chi connectivity index (χ0n) is 14.2. The van der Waals surface area contributed by atoms with Gasteiger partial charge in [-0.3, -0.25) is 0 Å². The van der Waals surface area contributed by atoms with Crippen LogP contribution in [0.3, 0.4) is 0 Å². The third kappa shape index (κ3) is 3.15. The Hall–Kier alpha value is -4.52. The van der Waals surface area contributed by atoms with Crippen molar-refractivity contribution >= 4 is 0 Å². The molecule has 0 fully saturated rings. The molecule has 4 nitrogen and oxygen atoms in total. The van der Waals surface area contributed by atoms with Gasteiger partial charge in [-0.05, 0) is 41.5 Å². The van der Waals surface area contributed by atoms with E-state index in [0.717, 1.165) is 12.1 Å². The molecule has 0 radical (unpaired) electrons. The van der Waals surface area contributed by atoms with Gasteiger partial charge in [0.15, 0.2) is 0 Å². The second-order valence-electron chi connectivity index (χ2n) is 5.80. The molecule has 3 aromatic rings. The molecule has 0 aliphatic carbocycles. The van der Waals surface area contributed by atoms with Crippen LogP contribution >= 0.6 is 0 Å². The molecule has 28 heavy (non-hydrogen) atoms. The molecule has 130 valence electrons. The summed E-state index contributed by atoms with van der Waals surface area (Å²) < 4.78 is 29.3. The van der Waals surface area contributed by atoms with E-state index in [4.69, 9.17) is 21.0 Å². The minimum absolute atomic E-state index is 0.0230. The molecule has 0 unspecified atom stereocenters. The van der Waals surface area contributed by atoms with Crippen molar-refractivity contribution in [2.24, 2.45) is 0 Å². The van der Waals surface area contributed by atoms with Gasteiger partial charge >= 0.3 is 0 Å². The van der Waals surface area contributed by atoms with E-state index in [2.05, 4.69) is 0 Å². The van der Waals surface area contributed by atoms with Crippen LogP contribution in [0.1, 0.15) is 22.3 Å². The zero-order chi connectivity index (χ0) is 20.3. The molecule has 0 aliphatic rings. The van der Waals surface area contributed by atoms with Crippen molar-refractivity contribution in [1.82, 2.24) is 0 Å². The van der Waals surface area contributed by atoms with Gasteiger partial charge in [0.2, 0.25) is 0 Å². The van der Waals surface area contributed by atoms with Gasteiger partial charge in [0.05, 0.1) is 34.4 Å². The summed E-state index contributed by atoms with van der Waals surface area (Å²) in [5.74, 6) is -1.58. The molecule has 0 amide bonds. The first-order valence-corrected chi connectivity index (χ1v) is 7.90. The lowest BCUT2D eigenvalue weighted by Gasteiger charge is -2.10. The number of hydrogen-bond acceptors (Lipinski definition) is 4. The monoisotopic (exact) mass is 366 g/mol. The Labute approximate surface area is 159 Å². The lowest BCUT2D eigenvalue weighted by molar-refractivity contribution is 0.627. The Bertz CT molecular complexity index is 1190. The van der Waals surface area contributed by atoms with Gasteiger partial charge in [-0.25, -0.2) is 8.78 Å². The Kier molecular flexibility index (Phi) is 4.82. The fourth-order valence-electron chi connectivity index (χ4n) is 2.82. The lowest BCUT2D eigenvalue weighted by Crippen LogP contribution is -1.94. The molecule has 0 saturated heterocycles. The summed E-state index contributed by atoms with van der Waals surface area (Å²) in [6.07, 6.45) is 0. The Morgan fingerprint density at radius 1 is 0.571 bits per heavy atom. The number of halogens is 2. The lowest BCUT2D eigenvalue weighted by atomic mass is 9.94. The van der Waals surface area contributed by atoms with Gasteiger partial charge < -0.3 is 0 Å². The van der Waals surface area contributed by atoms with Gasteiger partial charge in [-0.15, -0.1) is 0 Å². The van der Waals surface area contributed by atoms with Gasteiger partial charge in [-0.1, -0.05) is 18.2 Å². The summed E-state index contributed by atoms with van der Waals surface area (Å²) in [6.45, 7) is 0. The second kappa shape index (κ2) is 7.38. The van der Waals surface area contributed by atoms with E-state index in [-0.39, 0.29) is 33.4 Å². The maximum atomic E-state index is 14.6. The quantitative estimate of drug-likeness (QED) is 0.652. The topological polar surface area (TPSA) is 95.2 Å². The van der Waals surface area contributed by atoms with Crippen molar-refractivity contribution in [2.45, 2.75) is 0 Å². The van der Waals surface area contributed by atoms with E-state index in [1.54, 1.807) is 30.3 Å². The molecule has 0 atom stereocenters. The Balaban J connectivity index is 2.25. The van der Waals surface area contributed by atoms with Crippen LogP contribution < -0.4 is 0 Å². The van der Waals surface area contributed by atoms with Gasteiger partial charge in [0, 0.05) is 11.1 Å². The molecule has 3 aromatic carbocycles. The molecule has 0 aromatic heterocycles. The van der Waals surface area contributed by atoms with Crippen molar-refractivity contribution in [1.29, 1.82) is 21.0 Å². The van der Waals surface area contributed by atoms with E-state index < -0.39 is 11.6 Å². The first kappa shape index (κ1) is 18.3. The summed E-state index contributed by atoms with van der Waals surface area (Å²) in [5.41, 5.74) is 0.371. The van der Waals surface area contributed by atoms with Crippen LogP contribution in [-0.4, -0.2) is 0 Å². The highest BCUT2D eigenvalue weighted by Gasteiger charge is 2.16. The van der Waals surface area contributed by atoms with Gasteiger partial charge in [0.25, 0.3) is 0 Å². The molecule has 3 rings (SSSR count). The molecular weight excluding hydrogens is 358 g/mol. The number of benzene rings is 3. The molecule has 6 heteroatoms. The van der Waals surface area contributed by atoms with Crippen LogP contribution in [0.15, 0.2) is 48.5 Å². The molecule has 0 aliphatic heterocycles. The molecule has 0 N–H and O–H groups in total. The predicted molar refractivity (Wildman–Crippen MR) is 96.1 cm³/mol. The minimum atomic E-state index is -0.789. The van der Waals surface area contributed by atoms with Crippen molar-refractivity contribution in [3.05, 3.63) is 82.4 Å². The van der Waals surface area contributed by atoms with Crippen LogP contribution in [0.25, 0.3) is 22.3 Å². The van der Waals surface area contributed by atoms with Crippen molar-refractivity contribution in [2.75, 3.05) is 0 Å². The van der Waals surface area contributed by atoms with Crippen LogP contribution in [0.4, 0.5) is 8.78 Å². The standard InChI is InChI=1S/C22H8F2N4/c23-21-17(11-27)4-13(9-25)6-19(21)15-2-1-3-16(8-15)20-7-14(10-26)5-18(12-28)22(20)24/h1-8H. The Morgan fingerprint density at radius 2 is 1.00 bits per heavy atom. The number of hydrogen-bond donors (Lipinski definition) is 0. The normalized spacial score (nSPS) is 9.64. The largest absolute Gasteiger partial charge is 0.205 e. The van der Waals surface area contributed by atoms with Crippen molar-refractivity contribution < 1.29 is 8.78 Å². The maximum absolute atomic E-state index is 14.6. The third-order valence-electron chi connectivity index (χ3n) is 4.13. The molecular formula is C22H8F2N4. The Morgan fingerprint density at radius 3 is 1.36 bits per heavy atom. The summed E-state index contributed by atoms with van der Waals surface area (Å²) in [6, 6.07) is 18.2. The predicted octanol–water partition coefficient (Wildman–Crippen LogP) is 4.79. The SMILES string of the molecule is N#Cc1cc(C#N)c(F)c(-c2cccc(-c3cc(C#N)cc(C#N)c3F)c2)c1. The van der Waals surface area contributed by atoms with E-state index in [0.29, 0.717) is 11.1 Å². The molecule has 0 heterocycles. The van der Waals surface area contributed by atoms with Gasteiger partial charge in [-0.2, -0.15) is 21.0 Å². The number of nitriles is 4. The van der Waals surface area contributed by atoms with E-state index in [9.17, 15) is 8.78 Å². The number of rotatable bonds is 2. The van der Waals surface area contributed by atoms with Crippen LogP contribution in [0.5, 0.6) is 0 Å². The van der Waals surface area contributed by atoms with Crippen LogP contribution in [-0.2, 0) is 0 Å². The highest BCUT2D eigenvalue weighted by molar-refractivity contribution is 5.76. The smallest absolute Gasteiger partial charge is 0.148 e. The first-order chi connectivity index (χ1) is 13.5. The summed E-state index contributed by atoms with van der Waals surface area (Å²) in [7, 11) is 0. The average molecular weight is 366 g/mol. The van der Waals surface area contributed by atoms with Crippen LogP contribution in [0.2, 0.25) is 0 Å². The fraction of sp³-hybridized carbons (Fsp3) is 0. The summed E-state index contributed by atoms with van der Waals surface area (Å²) in [5, 5.41) is 36.4. The van der Waals surface area contributed by atoms with E-state index in [1.807, 2.05) is 12.1 Å². The highest BCUT2D eigenvalue weighted by Crippen LogP contribution is 2.32. The average Bonchev–Trinajstić information content (AvgIpc) is 2.74. The number of nitrogens with zero attached hydrogens (tertiary/aromatic N) is 4. The van der Waals surface area contributed by atoms with Crippen molar-refractivity contribution in [3.63, 3.8) is 0 Å². The fourth-order valence-corrected chi connectivity index (χ4v) is 2.82. The molecule has 0 saturated carbocycles. The third-order valence-corrected chi connectivity index (χ3v) is 4.13. The first-order valence-electron chi connectivity index (χ1n) is 7.90. The highest BCUT2D eigenvalue weighted by atomic mass is 19.1.